The number of hydrogen-bond acceptors (Lipinski definition) is 3. The number of hydrogen-bond donors (Lipinski definition) is 1. The number of carboxylic acid groups (broad SMARTS) is 1. The van der Waals surface area contributed by atoms with Crippen LogP contribution in [-0.4, -0.2) is 41.1 Å². The summed E-state index contributed by atoms with van der Waals surface area (Å²) in [5.41, 5.74) is 0. The number of benzene rings is 1. The number of halogens is 2. The maximum Gasteiger partial charge on any atom is 0.306 e. The molecule has 1 aromatic rings. The van der Waals surface area contributed by atoms with Crippen LogP contribution in [0.1, 0.15) is 32.1 Å². The zero-order valence-corrected chi connectivity index (χ0v) is 15.3. The number of rotatable bonds is 4. The summed E-state index contributed by atoms with van der Waals surface area (Å²) in [5.74, 6) is -0.324. The molecular weight excluding hydrogens is 365 g/mol. The number of ether oxygens (including phenoxy) is 1. The van der Waals surface area contributed by atoms with E-state index in [1.165, 1.54) is 0 Å². The van der Waals surface area contributed by atoms with Crippen molar-refractivity contribution in [1.82, 2.24) is 4.90 Å². The fraction of sp³-hybridized carbons (Fsp3) is 0.556. The summed E-state index contributed by atoms with van der Waals surface area (Å²) in [6, 6.07) is 5.14. The lowest BCUT2D eigenvalue weighted by Crippen LogP contribution is -2.38. The molecule has 1 saturated heterocycles. The standard InChI is InChI=1S/C18H21Cl2NO4/c19-15-6-5-13(9-16(15)20)25-14-7-8-21(10-14)17(22)11-1-3-12(4-2-11)18(23)24/h5-6,9,11-12,14H,1-4,7-8,10H2,(H,23,24). The first kappa shape index (κ1) is 18.3. The third-order valence-electron chi connectivity index (χ3n) is 5.08. The van der Waals surface area contributed by atoms with E-state index in [9.17, 15) is 9.59 Å². The smallest absolute Gasteiger partial charge is 0.306 e. The molecule has 136 valence electrons. The van der Waals surface area contributed by atoms with E-state index < -0.39 is 5.97 Å². The molecule has 1 heterocycles. The van der Waals surface area contributed by atoms with E-state index in [4.69, 9.17) is 33.0 Å². The number of amides is 1. The molecule has 1 N–H and O–H groups in total. The molecule has 7 heteroatoms. The molecule has 1 atom stereocenters. The van der Waals surface area contributed by atoms with Crippen molar-refractivity contribution in [3.63, 3.8) is 0 Å². The fourth-order valence-corrected chi connectivity index (χ4v) is 3.90. The van der Waals surface area contributed by atoms with Crippen molar-refractivity contribution in [2.75, 3.05) is 13.1 Å². The highest BCUT2D eigenvalue weighted by atomic mass is 35.5. The van der Waals surface area contributed by atoms with Gasteiger partial charge in [-0.3, -0.25) is 9.59 Å². The van der Waals surface area contributed by atoms with Gasteiger partial charge in [0.1, 0.15) is 11.9 Å². The van der Waals surface area contributed by atoms with Gasteiger partial charge in [0.2, 0.25) is 5.91 Å². The van der Waals surface area contributed by atoms with Gasteiger partial charge in [0.15, 0.2) is 0 Å². The Morgan fingerprint density at radius 3 is 2.36 bits per heavy atom. The molecule has 0 aromatic heterocycles. The second-order valence-electron chi connectivity index (χ2n) is 6.78. The number of carboxylic acids is 1. The van der Waals surface area contributed by atoms with Gasteiger partial charge in [-0.1, -0.05) is 23.2 Å². The Hall–Kier alpha value is -1.46. The molecule has 0 radical (unpaired) electrons. The van der Waals surface area contributed by atoms with Crippen molar-refractivity contribution < 1.29 is 19.4 Å². The summed E-state index contributed by atoms with van der Waals surface area (Å²) in [4.78, 5) is 25.5. The Bertz CT molecular complexity index is 658. The van der Waals surface area contributed by atoms with Crippen LogP contribution in [0, 0.1) is 11.8 Å². The Labute approximate surface area is 156 Å². The fourth-order valence-electron chi connectivity index (χ4n) is 3.61. The highest BCUT2D eigenvalue weighted by Gasteiger charge is 2.35. The molecule has 2 fully saturated rings. The SMILES string of the molecule is O=C(O)C1CCC(C(=O)N2CCC(Oc3ccc(Cl)c(Cl)c3)C2)CC1. The van der Waals surface area contributed by atoms with Crippen molar-refractivity contribution in [3.8, 4) is 5.75 Å². The van der Waals surface area contributed by atoms with Crippen LogP contribution in [0.3, 0.4) is 0 Å². The van der Waals surface area contributed by atoms with Gasteiger partial charge in [0.05, 0.1) is 22.5 Å². The molecule has 0 spiro atoms. The summed E-state index contributed by atoms with van der Waals surface area (Å²) in [7, 11) is 0. The van der Waals surface area contributed by atoms with E-state index in [0.29, 0.717) is 54.6 Å². The van der Waals surface area contributed by atoms with Gasteiger partial charge in [-0.05, 0) is 37.8 Å². The molecule has 1 aliphatic carbocycles. The molecule has 1 saturated carbocycles. The molecule has 0 bridgehead atoms. The van der Waals surface area contributed by atoms with Gasteiger partial charge in [0, 0.05) is 24.9 Å². The molecule has 1 aromatic carbocycles. The molecule has 1 aliphatic heterocycles. The third kappa shape index (κ3) is 4.39. The van der Waals surface area contributed by atoms with Crippen LogP contribution in [0.25, 0.3) is 0 Å². The number of carbonyl (C=O) groups excluding carboxylic acids is 1. The quantitative estimate of drug-likeness (QED) is 0.853. The van der Waals surface area contributed by atoms with Crippen LogP contribution >= 0.6 is 23.2 Å². The Morgan fingerprint density at radius 2 is 1.72 bits per heavy atom. The van der Waals surface area contributed by atoms with E-state index in [2.05, 4.69) is 0 Å². The highest BCUT2D eigenvalue weighted by molar-refractivity contribution is 6.42. The predicted octanol–water partition coefficient (Wildman–Crippen LogP) is 3.86. The summed E-state index contributed by atoms with van der Waals surface area (Å²) < 4.78 is 5.91. The summed E-state index contributed by atoms with van der Waals surface area (Å²) >= 11 is 11.9. The van der Waals surface area contributed by atoms with E-state index in [1.54, 1.807) is 18.2 Å². The normalized spacial score (nSPS) is 26.5. The zero-order valence-electron chi connectivity index (χ0n) is 13.8. The van der Waals surface area contributed by atoms with Crippen LogP contribution in [0.4, 0.5) is 0 Å². The largest absolute Gasteiger partial charge is 0.488 e. The lowest BCUT2D eigenvalue weighted by molar-refractivity contribution is -0.145. The Morgan fingerprint density at radius 1 is 1.04 bits per heavy atom. The Kier molecular flexibility index (Phi) is 5.74. The lowest BCUT2D eigenvalue weighted by Gasteiger charge is -2.28. The van der Waals surface area contributed by atoms with Crippen LogP contribution in [0.5, 0.6) is 5.75 Å². The zero-order chi connectivity index (χ0) is 18.0. The topological polar surface area (TPSA) is 66.8 Å². The minimum Gasteiger partial charge on any atom is -0.488 e. The molecule has 2 aliphatic rings. The maximum absolute atomic E-state index is 12.7. The average Bonchev–Trinajstić information content (AvgIpc) is 3.06. The van der Waals surface area contributed by atoms with Gasteiger partial charge in [-0.15, -0.1) is 0 Å². The van der Waals surface area contributed by atoms with Crippen LogP contribution in [-0.2, 0) is 9.59 Å². The average molecular weight is 386 g/mol. The minimum absolute atomic E-state index is 0.0562. The van der Waals surface area contributed by atoms with Crippen molar-refractivity contribution in [3.05, 3.63) is 28.2 Å². The van der Waals surface area contributed by atoms with Gasteiger partial charge >= 0.3 is 5.97 Å². The minimum atomic E-state index is -0.748. The van der Waals surface area contributed by atoms with Crippen LogP contribution in [0.2, 0.25) is 10.0 Å². The second-order valence-corrected chi connectivity index (χ2v) is 7.59. The highest BCUT2D eigenvalue weighted by Crippen LogP contribution is 2.32. The van der Waals surface area contributed by atoms with Gasteiger partial charge < -0.3 is 14.7 Å². The van der Waals surface area contributed by atoms with Crippen molar-refractivity contribution in [1.29, 1.82) is 0 Å². The van der Waals surface area contributed by atoms with Crippen molar-refractivity contribution in [2.24, 2.45) is 11.8 Å². The number of carbonyl (C=O) groups is 2. The maximum atomic E-state index is 12.7. The van der Waals surface area contributed by atoms with Gasteiger partial charge in [-0.2, -0.15) is 0 Å². The first-order valence-electron chi connectivity index (χ1n) is 8.57. The molecule has 3 rings (SSSR count). The third-order valence-corrected chi connectivity index (χ3v) is 5.82. The van der Waals surface area contributed by atoms with Gasteiger partial charge in [0.25, 0.3) is 0 Å². The first-order chi connectivity index (χ1) is 11.9. The second kappa shape index (κ2) is 7.83. The van der Waals surface area contributed by atoms with Crippen molar-refractivity contribution in [2.45, 2.75) is 38.2 Å². The summed E-state index contributed by atoms with van der Waals surface area (Å²) in [5, 5.41) is 9.98. The van der Waals surface area contributed by atoms with E-state index >= 15 is 0 Å². The van der Waals surface area contributed by atoms with Crippen LogP contribution < -0.4 is 4.74 Å². The molecular formula is C18H21Cl2NO4. The number of nitrogens with zero attached hydrogens (tertiary/aromatic N) is 1. The molecule has 25 heavy (non-hydrogen) atoms. The predicted molar refractivity (Wildman–Crippen MR) is 95.2 cm³/mol. The summed E-state index contributed by atoms with van der Waals surface area (Å²) in [6.45, 7) is 1.22. The number of aliphatic carboxylic acids is 1. The van der Waals surface area contributed by atoms with E-state index in [0.717, 1.165) is 6.42 Å². The van der Waals surface area contributed by atoms with E-state index in [1.807, 2.05) is 4.90 Å². The molecule has 1 unspecified atom stereocenters. The molecule has 5 nitrogen and oxygen atoms in total. The summed E-state index contributed by atoms with van der Waals surface area (Å²) in [6.07, 6.45) is 3.20. The Balaban J connectivity index is 1.51. The first-order valence-corrected chi connectivity index (χ1v) is 9.33. The van der Waals surface area contributed by atoms with Gasteiger partial charge in [-0.25, -0.2) is 0 Å². The molecule has 1 amide bonds. The van der Waals surface area contributed by atoms with E-state index in [-0.39, 0.29) is 23.8 Å². The van der Waals surface area contributed by atoms with Crippen LogP contribution in [0.15, 0.2) is 18.2 Å². The lowest BCUT2D eigenvalue weighted by atomic mass is 9.81. The number of likely N-dealkylation sites (tertiary alicyclic amines) is 1. The monoisotopic (exact) mass is 385 g/mol. The van der Waals surface area contributed by atoms with Crippen molar-refractivity contribution >= 4 is 35.1 Å².